The number of carbonyl (C=O) groups excluding carboxylic acids is 2. The lowest BCUT2D eigenvalue weighted by atomic mass is 9.99. The van der Waals surface area contributed by atoms with E-state index in [1.807, 2.05) is 6.92 Å². The van der Waals surface area contributed by atoms with Gasteiger partial charge in [0.15, 0.2) is 0 Å². The largest absolute Gasteiger partial charge is 0.457 e. The molecule has 2 heterocycles. The Bertz CT molecular complexity index is 1590. The Morgan fingerprint density at radius 3 is 2.24 bits per heavy atom. The Labute approximate surface area is 266 Å². The number of fused-ring (bicyclic) bond motifs is 1. The fourth-order valence-corrected chi connectivity index (χ4v) is 5.25. The first kappa shape index (κ1) is 36.4. The number of amides is 1. The third-order valence-electron chi connectivity index (χ3n) is 6.85. The Morgan fingerprint density at radius 2 is 1.67 bits per heavy atom. The number of aromatic amines is 1. The zero-order valence-electron chi connectivity index (χ0n) is 25.8. The number of hydrogen-bond donors (Lipinski definition) is 2. The van der Waals surface area contributed by atoms with Crippen molar-refractivity contribution in [2.45, 2.75) is 77.8 Å². The standard InChI is InChI=1S/C29H28F6N4O3S.C3H8/c1-4-5-9-23(16(2)14-42-27(41)25-19(28(30,31)32)7-6-8-20(25)29(33,34)35)39-13-22(38-39)17(3)37-26(40)18-10-11-21-24(12-18)43-15-36-21;1-3-2/h6-8,10-13,15,17,23,38H,2,4-5,9,14H2,1,3H3,(H,37,40);3H2,1-2H3. The molecule has 0 fully saturated rings. The molecular weight excluding hydrogens is 634 g/mol. The molecule has 0 radical (unpaired) electrons. The van der Waals surface area contributed by atoms with E-state index in [4.69, 9.17) is 4.74 Å². The highest BCUT2D eigenvalue weighted by Gasteiger charge is 2.43. The zero-order chi connectivity index (χ0) is 34.2. The lowest BCUT2D eigenvalue weighted by Gasteiger charge is -2.29. The van der Waals surface area contributed by atoms with E-state index in [-0.39, 0.29) is 11.5 Å². The van der Waals surface area contributed by atoms with Crippen LogP contribution < -0.4 is 5.32 Å². The highest BCUT2D eigenvalue weighted by molar-refractivity contribution is 7.16. The van der Waals surface area contributed by atoms with Gasteiger partial charge >= 0.3 is 18.3 Å². The maximum atomic E-state index is 13.5. The van der Waals surface area contributed by atoms with Crippen LogP contribution in [0.5, 0.6) is 0 Å². The van der Waals surface area contributed by atoms with Crippen LogP contribution in [0.15, 0.2) is 60.3 Å². The number of nitrogens with zero attached hydrogens (tertiary/aromatic N) is 2. The Morgan fingerprint density at radius 1 is 1.07 bits per heavy atom. The summed E-state index contributed by atoms with van der Waals surface area (Å²) in [7, 11) is 0. The maximum Gasteiger partial charge on any atom is 0.417 e. The smallest absolute Gasteiger partial charge is 0.417 e. The second-order valence-electron chi connectivity index (χ2n) is 10.7. The second-order valence-corrected chi connectivity index (χ2v) is 11.5. The van der Waals surface area contributed by atoms with Crippen molar-refractivity contribution < 1.29 is 40.7 Å². The first-order valence-corrected chi connectivity index (χ1v) is 15.5. The molecule has 250 valence electrons. The third-order valence-corrected chi connectivity index (χ3v) is 7.64. The Hall–Kier alpha value is -4.07. The number of esters is 1. The minimum atomic E-state index is -5.21. The van der Waals surface area contributed by atoms with Crippen LogP contribution in [0.1, 0.15) is 103 Å². The monoisotopic (exact) mass is 670 g/mol. The maximum absolute atomic E-state index is 13.5. The molecule has 0 bridgehead atoms. The van der Waals surface area contributed by atoms with E-state index in [0.29, 0.717) is 42.3 Å². The van der Waals surface area contributed by atoms with Crippen molar-refractivity contribution in [1.82, 2.24) is 20.1 Å². The number of nitrogens with one attached hydrogen (secondary N) is 2. The van der Waals surface area contributed by atoms with Crippen LogP contribution in [0, 0.1) is 0 Å². The summed E-state index contributed by atoms with van der Waals surface area (Å²) in [6, 6.07) is 5.67. The van der Waals surface area contributed by atoms with Gasteiger partial charge in [-0.1, -0.05) is 52.7 Å². The van der Waals surface area contributed by atoms with E-state index in [2.05, 4.69) is 35.8 Å². The number of aromatic nitrogens is 3. The van der Waals surface area contributed by atoms with E-state index < -0.39 is 53.7 Å². The first-order chi connectivity index (χ1) is 21.6. The Balaban J connectivity index is 0.00000185. The molecule has 2 unspecified atom stereocenters. The molecule has 14 heteroatoms. The lowest BCUT2D eigenvalue weighted by Crippen LogP contribution is -2.31. The molecule has 0 saturated carbocycles. The molecule has 0 aliphatic rings. The molecule has 2 N–H and O–H groups in total. The molecule has 2 aromatic carbocycles. The van der Waals surface area contributed by atoms with Crippen LogP contribution in [0.25, 0.3) is 10.2 Å². The van der Waals surface area contributed by atoms with Gasteiger partial charge in [-0.05, 0) is 49.2 Å². The van der Waals surface area contributed by atoms with Gasteiger partial charge in [-0.3, -0.25) is 14.6 Å². The van der Waals surface area contributed by atoms with Crippen LogP contribution in [0.3, 0.4) is 0 Å². The highest BCUT2D eigenvalue weighted by Crippen LogP contribution is 2.40. The highest BCUT2D eigenvalue weighted by atomic mass is 32.1. The fraction of sp³-hybridized carbons (Fsp3) is 0.406. The summed E-state index contributed by atoms with van der Waals surface area (Å²) in [6.07, 6.45) is -5.45. The van der Waals surface area contributed by atoms with Gasteiger partial charge in [0, 0.05) is 11.8 Å². The number of unbranched alkanes of at least 4 members (excludes halogenated alkanes) is 1. The zero-order valence-corrected chi connectivity index (χ0v) is 26.6. The van der Waals surface area contributed by atoms with E-state index >= 15 is 0 Å². The molecule has 2 aromatic heterocycles. The molecule has 46 heavy (non-hydrogen) atoms. The van der Waals surface area contributed by atoms with E-state index in [1.54, 1.807) is 41.5 Å². The van der Waals surface area contributed by atoms with Gasteiger partial charge in [-0.15, -0.1) is 11.3 Å². The first-order valence-electron chi connectivity index (χ1n) is 14.6. The molecular formula is C32H36F6N4O3S. The van der Waals surface area contributed by atoms with Gasteiger partial charge in [0.25, 0.3) is 5.91 Å². The SMILES string of the molecule is C=C(COC(=O)c1c(C(F)(F)F)cccc1C(F)(F)F)C(CCCC)n1cc(C(C)NC(=O)c2ccc3ncsc3c2)[nH]1.CCC. The van der Waals surface area contributed by atoms with Gasteiger partial charge in [-0.2, -0.15) is 26.3 Å². The van der Waals surface area contributed by atoms with Crippen molar-refractivity contribution in [1.29, 1.82) is 0 Å². The fourth-order valence-electron chi connectivity index (χ4n) is 4.53. The molecule has 0 aliphatic heterocycles. The molecule has 4 rings (SSSR count). The molecule has 2 atom stereocenters. The number of benzene rings is 2. The van der Waals surface area contributed by atoms with Crippen LogP contribution in [-0.2, 0) is 17.1 Å². The number of halogens is 6. The predicted molar refractivity (Wildman–Crippen MR) is 165 cm³/mol. The van der Waals surface area contributed by atoms with Crippen molar-refractivity contribution in [3.8, 4) is 0 Å². The van der Waals surface area contributed by atoms with Gasteiger partial charge < -0.3 is 10.1 Å². The van der Waals surface area contributed by atoms with Crippen LogP contribution >= 0.6 is 11.3 Å². The van der Waals surface area contributed by atoms with Gasteiger partial charge in [0.1, 0.15) is 6.61 Å². The van der Waals surface area contributed by atoms with Gasteiger partial charge in [0.05, 0.1) is 50.2 Å². The molecule has 1 amide bonds. The van der Waals surface area contributed by atoms with Crippen molar-refractivity contribution in [2.75, 3.05) is 6.61 Å². The molecule has 4 aromatic rings. The molecule has 0 aliphatic carbocycles. The van der Waals surface area contributed by atoms with E-state index in [1.165, 1.54) is 17.8 Å². The quantitative estimate of drug-likeness (QED) is 0.0945. The van der Waals surface area contributed by atoms with Gasteiger partial charge in [0.2, 0.25) is 0 Å². The summed E-state index contributed by atoms with van der Waals surface area (Å²) in [5.41, 5.74) is -1.19. The van der Waals surface area contributed by atoms with Crippen LogP contribution in [0.2, 0.25) is 0 Å². The second kappa shape index (κ2) is 15.5. The summed E-state index contributed by atoms with van der Waals surface area (Å²) in [5.74, 6) is -2.04. The molecule has 7 nitrogen and oxygen atoms in total. The summed E-state index contributed by atoms with van der Waals surface area (Å²) in [5, 5.41) is 5.99. The van der Waals surface area contributed by atoms with Crippen molar-refractivity contribution in [3.63, 3.8) is 0 Å². The molecule has 0 spiro atoms. The minimum absolute atomic E-state index is 0.261. The normalized spacial score (nSPS) is 13.1. The van der Waals surface area contributed by atoms with Gasteiger partial charge in [-0.25, -0.2) is 9.78 Å². The summed E-state index contributed by atoms with van der Waals surface area (Å²) >= 11 is 1.42. The molecule has 0 saturated heterocycles. The minimum Gasteiger partial charge on any atom is -0.457 e. The number of H-pyrrole nitrogens is 1. The summed E-state index contributed by atoms with van der Waals surface area (Å²) < 4.78 is 88.4. The van der Waals surface area contributed by atoms with Crippen molar-refractivity contribution in [2.24, 2.45) is 0 Å². The van der Waals surface area contributed by atoms with Crippen LogP contribution in [-0.4, -0.2) is 33.2 Å². The number of thiazole rings is 1. The number of ether oxygens (including phenoxy) is 1. The Kier molecular flexibility index (Phi) is 12.2. The van der Waals surface area contributed by atoms with E-state index in [0.717, 1.165) is 16.6 Å². The van der Waals surface area contributed by atoms with Crippen molar-refractivity contribution >= 4 is 33.4 Å². The van der Waals surface area contributed by atoms with E-state index in [9.17, 15) is 35.9 Å². The number of alkyl halides is 6. The summed E-state index contributed by atoms with van der Waals surface area (Å²) in [6.45, 7) is 11.2. The average molecular weight is 671 g/mol. The number of carbonyl (C=O) groups is 2. The number of rotatable bonds is 11. The average Bonchev–Trinajstić information content (AvgIpc) is 3.44. The lowest BCUT2D eigenvalue weighted by molar-refractivity contribution is -0.144. The topological polar surface area (TPSA) is 89.0 Å². The van der Waals surface area contributed by atoms with Crippen LogP contribution in [0.4, 0.5) is 26.3 Å². The third kappa shape index (κ3) is 9.02. The summed E-state index contributed by atoms with van der Waals surface area (Å²) in [4.78, 5) is 29.6. The predicted octanol–water partition coefficient (Wildman–Crippen LogP) is 9.52. The van der Waals surface area contributed by atoms with Crippen molar-refractivity contribution in [3.05, 3.63) is 88.2 Å². The number of hydrogen-bond acceptors (Lipinski definition) is 5.